The summed E-state index contributed by atoms with van der Waals surface area (Å²) in [6.07, 6.45) is 0. The maximum Gasteiger partial charge on any atom is 0.0738 e. The Morgan fingerprint density at radius 2 is 0.333 bits per heavy atom. The van der Waals surface area contributed by atoms with E-state index < -0.39 is 0 Å². The molecule has 0 saturated carbocycles. The lowest BCUT2D eigenvalue weighted by Gasteiger charge is -2.06. The van der Waals surface area contributed by atoms with Gasteiger partial charge in [-0.25, -0.2) is 0 Å². The molecule has 0 aliphatic carbocycles. The maximum absolute atomic E-state index is 2.46. The molecule has 0 atom stereocenters. The lowest BCUT2D eigenvalue weighted by atomic mass is 10.1. The van der Waals surface area contributed by atoms with Crippen molar-refractivity contribution in [3.05, 3.63) is 364 Å². The first-order valence-electron chi connectivity index (χ1n) is 49.1. The monoisotopic (exact) mass is 1790 g/mol. The fraction of sp³-hybridized carbons (Fsp3) is 0.143. The molecule has 0 spiro atoms. The van der Waals surface area contributed by atoms with Crippen LogP contribution in [0.1, 0.15) is 41.5 Å². The predicted octanol–water partition coefficient (Wildman–Crippen LogP) is 32.8. The van der Waals surface area contributed by atoms with Gasteiger partial charge in [0, 0.05) is 299 Å². The lowest BCUT2D eigenvalue weighted by molar-refractivity contribution is 0.826. The second kappa shape index (κ2) is 32.7. The molecule has 0 aliphatic rings. The third kappa shape index (κ3) is 12.2. The molecule has 0 aliphatic heterocycles. The Labute approximate surface area is 798 Å². The van der Waals surface area contributed by atoms with Crippen molar-refractivity contribution in [3.8, 4) is 0 Å². The van der Waals surface area contributed by atoms with Crippen molar-refractivity contribution in [1.82, 2.24) is 54.8 Å². The molecule has 12 heteroatoms. The number of rotatable bonds is 6. The molecule has 30 aromatic rings. The SMILES string of the molecule is CCn1c2ccccc2c2c3c(ccc21)c1ccccc1n3C.CCn1c2ccccc2c2c3c4ccccc4n(C)c3ccc21.CCn1c2ccccc2c2cc3c(cc21)c1ccccc1n3C.CCn1c2ccccc2c2cc3c4ccccc4n(C)c3cc21.CCn1c2ccccc2c2ccc3c(c4ccccc4n3C)c21.CCn1c2ccccc2c2ccc3c4ccccc4n(C)c3c21. The van der Waals surface area contributed by atoms with Crippen molar-refractivity contribution < 1.29 is 0 Å². The Kier molecular flexibility index (Phi) is 19.8. The van der Waals surface area contributed by atoms with Gasteiger partial charge in [0.1, 0.15) is 0 Å². The number of hydrogen-bond acceptors (Lipinski definition) is 0. The van der Waals surface area contributed by atoms with Gasteiger partial charge in [-0.3, -0.25) is 0 Å². The minimum atomic E-state index is 0.977. The molecule has 18 aromatic carbocycles. The summed E-state index contributed by atoms with van der Waals surface area (Å²) >= 11 is 0. The van der Waals surface area contributed by atoms with Gasteiger partial charge >= 0.3 is 0 Å². The minimum absolute atomic E-state index is 0.977. The van der Waals surface area contributed by atoms with E-state index in [0.717, 1.165) is 39.3 Å². The molecule has 0 N–H and O–H groups in total. The van der Waals surface area contributed by atoms with Crippen LogP contribution < -0.4 is 0 Å². The van der Waals surface area contributed by atoms with Crippen LogP contribution in [0.5, 0.6) is 0 Å². The summed E-state index contributed by atoms with van der Waals surface area (Å²) in [6, 6.07) is 132. The van der Waals surface area contributed by atoms with Gasteiger partial charge in [0.2, 0.25) is 0 Å². The van der Waals surface area contributed by atoms with E-state index in [1.165, 1.54) is 262 Å². The first kappa shape index (κ1) is 83.4. The predicted molar refractivity (Wildman–Crippen MR) is 595 cm³/mol. The first-order valence-corrected chi connectivity index (χ1v) is 49.1. The smallest absolute Gasteiger partial charge is 0.0738 e. The Hall–Kier alpha value is -16.4. The van der Waals surface area contributed by atoms with Crippen molar-refractivity contribution in [2.45, 2.75) is 80.8 Å². The number of aromatic nitrogens is 12. The molecular weight excluding hydrogens is 1680 g/mol. The maximum atomic E-state index is 2.46. The summed E-state index contributed by atoms with van der Waals surface area (Å²) in [7, 11) is 13.0. The van der Waals surface area contributed by atoms with E-state index in [0.29, 0.717) is 0 Å². The van der Waals surface area contributed by atoms with Crippen molar-refractivity contribution in [2.75, 3.05) is 0 Å². The van der Waals surface area contributed by atoms with E-state index in [2.05, 4.69) is 503 Å². The highest BCUT2D eigenvalue weighted by atomic mass is 15.0. The molecule has 30 rings (SSSR count). The van der Waals surface area contributed by atoms with Gasteiger partial charge in [0.15, 0.2) is 0 Å². The summed E-state index contributed by atoms with van der Waals surface area (Å²) in [5.74, 6) is 0. The number of benzene rings is 18. The Morgan fingerprint density at radius 1 is 0.123 bits per heavy atom. The van der Waals surface area contributed by atoms with Gasteiger partial charge in [-0.1, -0.05) is 243 Å². The molecule has 12 aromatic heterocycles. The van der Waals surface area contributed by atoms with E-state index >= 15 is 0 Å². The fourth-order valence-electron chi connectivity index (χ4n) is 24.6. The first-order chi connectivity index (χ1) is 67.8. The molecule has 0 amide bonds. The topological polar surface area (TPSA) is 59.2 Å². The summed E-state index contributed by atoms with van der Waals surface area (Å²) in [5, 5.41) is 32.4. The third-order valence-corrected chi connectivity index (χ3v) is 30.7. The highest BCUT2D eigenvalue weighted by molar-refractivity contribution is 6.31. The lowest BCUT2D eigenvalue weighted by Crippen LogP contribution is -1.96. The van der Waals surface area contributed by atoms with Gasteiger partial charge in [-0.05, 0) is 163 Å². The van der Waals surface area contributed by atoms with Crippen LogP contribution in [0.3, 0.4) is 0 Å². The van der Waals surface area contributed by atoms with Gasteiger partial charge < -0.3 is 54.8 Å². The van der Waals surface area contributed by atoms with Crippen LogP contribution in [0.15, 0.2) is 364 Å². The fourth-order valence-corrected chi connectivity index (χ4v) is 24.6. The van der Waals surface area contributed by atoms with Crippen molar-refractivity contribution in [2.24, 2.45) is 42.3 Å². The number of aryl methyl sites for hydroxylation is 12. The van der Waals surface area contributed by atoms with E-state index in [1.54, 1.807) is 0 Å². The van der Waals surface area contributed by atoms with E-state index in [-0.39, 0.29) is 0 Å². The van der Waals surface area contributed by atoms with Gasteiger partial charge in [0.05, 0.1) is 44.1 Å². The van der Waals surface area contributed by atoms with Gasteiger partial charge in [0.25, 0.3) is 0 Å². The number of para-hydroxylation sites is 12. The summed E-state index contributed by atoms with van der Waals surface area (Å²) in [6.45, 7) is 19.2. The molecular formula is C126H108N12. The van der Waals surface area contributed by atoms with Crippen LogP contribution in [0.25, 0.3) is 262 Å². The molecule has 672 valence electrons. The van der Waals surface area contributed by atoms with Gasteiger partial charge in [-0.2, -0.15) is 0 Å². The zero-order chi connectivity index (χ0) is 93.3. The second-order valence-electron chi connectivity index (χ2n) is 37.2. The number of hydrogen-bond donors (Lipinski definition) is 0. The van der Waals surface area contributed by atoms with Crippen molar-refractivity contribution in [3.63, 3.8) is 0 Å². The normalized spacial score (nSPS) is 12.1. The van der Waals surface area contributed by atoms with Crippen LogP contribution in [0, 0.1) is 0 Å². The zero-order valence-electron chi connectivity index (χ0n) is 80.3. The summed E-state index contributed by atoms with van der Waals surface area (Å²) < 4.78 is 28.5. The Balaban J connectivity index is 0.0000000878. The Morgan fingerprint density at radius 3 is 0.783 bits per heavy atom. The minimum Gasteiger partial charge on any atom is -0.344 e. The summed E-state index contributed by atoms with van der Waals surface area (Å²) in [4.78, 5) is 0. The molecule has 0 saturated heterocycles. The number of fused-ring (bicyclic) bond motifs is 40. The second-order valence-corrected chi connectivity index (χ2v) is 37.2. The average molecular weight is 1790 g/mol. The van der Waals surface area contributed by atoms with Crippen LogP contribution in [0.2, 0.25) is 0 Å². The molecule has 138 heavy (non-hydrogen) atoms. The molecule has 0 fully saturated rings. The Bertz CT molecular complexity index is 10100. The van der Waals surface area contributed by atoms with Crippen LogP contribution >= 0.6 is 0 Å². The van der Waals surface area contributed by atoms with Crippen molar-refractivity contribution in [1.29, 1.82) is 0 Å². The van der Waals surface area contributed by atoms with Gasteiger partial charge in [-0.15, -0.1) is 0 Å². The van der Waals surface area contributed by atoms with Crippen LogP contribution in [-0.4, -0.2) is 54.8 Å². The third-order valence-electron chi connectivity index (χ3n) is 30.7. The van der Waals surface area contributed by atoms with Crippen LogP contribution in [-0.2, 0) is 81.6 Å². The zero-order valence-corrected chi connectivity index (χ0v) is 80.3. The van der Waals surface area contributed by atoms with Crippen molar-refractivity contribution >= 4 is 262 Å². The van der Waals surface area contributed by atoms with E-state index in [1.807, 2.05) is 0 Å². The van der Waals surface area contributed by atoms with Crippen LogP contribution in [0.4, 0.5) is 0 Å². The van der Waals surface area contributed by atoms with E-state index in [9.17, 15) is 0 Å². The highest BCUT2D eigenvalue weighted by Crippen LogP contribution is 2.47. The summed E-state index contributed by atoms with van der Waals surface area (Å²) in [5.41, 5.74) is 31.6. The molecule has 0 unspecified atom stereocenters. The number of nitrogens with zero attached hydrogens (tertiary/aromatic N) is 12. The average Bonchev–Trinajstić information content (AvgIpc) is 1.54. The standard InChI is InChI=1S/6C21H18N2/c1-3-23-18-11-7-4-8-14(18)15-12-13-19-20(21(15)23)16-9-5-6-10-17(16)22(19)2;1-3-23-19-11-7-5-9-15(19)17-12-20-16(13-21(17)23)14-8-4-6-10-18(14)22(20)2;1-3-23-19-11-7-5-9-15(19)17-12-16-14-8-4-6-10-18(14)22(2)20(16)13-21(17)23;1-3-23-18-11-7-5-9-16(18)20-19(23)13-12-15-14-8-4-6-10-17(14)22(2)21(15)20;1-3-23-19-11-7-5-9-15(19)17-13-12-16-14-8-4-6-10-18(14)22(2)20(16)21(17)23;1-3-23-17-11-7-5-9-15(17)21-19(23)13-12-18-20(21)14-8-4-6-10-16(14)22(18)2/h6*4-13H,3H2,1-2H3. The van der Waals surface area contributed by atoms with E-state index in [4.69, 9.17) is 0 Å². The molecule has 12 nitrogen and oxygen atoms in total. The molecule has 0 bridgehead atoms. The highest BCUT2D eigenvalue weighted by Gasteiger charge is 2.25. The molecule has 12 heterocycles. The quantitative estimate of drug-likeness (QED) is 0.159. The largest absolute Gasteiger partial charge is 0.344 e. The molecule has 0 radical (unpaired) electrons.